The minimum atomic E-state index is -3.33. The second kappa shape index (κ2) is 8.39. The second-order valence-electron chi connectivity index (χ2n) is 5.92. The summed E-state index contributed by atoms with van der Waals surface area (Å²) in [7, 11) is 1.23. The topological polar surface area (TPSA) is 113 Å². The van der Waals surface area contributed by atoms with E-state index in [0.717, 1.165) is 0 Å². The second-order valence-corrected chi connectivity index (χ2v) is 7.93. The van der Waals surface area contributed by atoms with Crippen molar-refractivity contribution in [2.75, 3.05) is 31.8 Å². The summed E-state index contributed by atoms with van der Waals surface area (Å²) in [5.41, 5.74) is 1.74. The Morgan fingerprint density at radius 3 is 2.10 bits per heavy atom. The van der Waals surface area contributed by atoms with Gasteiger partial charge in [0.25, 0.3) is 5.89 Å². The Labute approximate surface area is 168 Å². The fraction of sp³-hybridized carbons (Fsp3) is 0.263. The van der Waals surface area contributed by atoms with Crippen LogP contribution in [-0.4, -0.2) is 45.6 Å². The number of aromatic nitrogens is 2. The lowest BCUT2D eigenvalue weighted by atomic mass is 10.1. The lowest BCUT2D eigenvalue weighted by Gasteiger charge is -2.12. The number of hydrogen-bond donors (Lipinski definition) is 1. The summed E-state index contributed by atoms with van der Waals surface area (Å²) in [6.07, 6.45) is 0. The first kappa shape index (κ1) is 20.5. The molecule has 0 amide bonds. The van der Waals surface area contributed by atoms with Gasteiger partial charge in [-0.25, -0.2) is 8.42 Å². The Hall–Kier alpha value is -3.27. The molecule has 3 rings (SSSR count). The zero-order chi connectivity index (χ0) is 21.0. The van der Waals surface area contributed by atoms with Gasteiger partial charge in [0.1, 0.15) is 0 Å². The molecule has 0 spiro atoms. The number of ether oxygens (including phenoxy) is 3. The number of hydrogen-bond acceptors (Lipinski definition) is 8. The minimum absolute atomic E-state index is 0.00224. The molecule has 1 N–H and O–H groups in total. The maximum absolute atomic E-state index is 11.7. The van der Waals surface area contributed by atoms with Gasteiger partial charge in [0, 0.05) is 16.8 Å². The third-order valence-electron chi connectivity index (χ3n) is 4.13. The van der Waals surface area contributed by atoms with Crippen molar-refractivity contribution in [1.29, 1.82) is 0 Å². The van der Waals surface area contributed by atoms with Crippen LogP contribution in [0.1, 0.15) is 6.92 Å². The molecule has 0 saturated heterocycles. The zero-order valence-corrected chi connectivity index (χ0v) is 17.2. The molecule has 0 aliphatic carbocycles. The van der Waals surface area contributed by atoms with Crippen LogP contribution >= 0.6 is 0 Å². The van der Waals surface area contributed by atoms with Gasteiger partial charge in [0.05, 0.1) is 27.1 Å². The standard InChI is InChI=1S/C19H21N3O6S/c1-5-29(23,24)22-14-8-6-12(7-9-14)18-20-19(28-21-18)13-10-15(25-2)17(27-4)16(11-13)26-3/h6-11,22H,5H2,1-4H3. The first-order valence-corrected chi connectivity index (χ1v) is 10.3. The first-order valence-electron chi connectivity index (χ1n) is 8.65. The number of nitrogens with zero attached hydrogens (tertiary/aromatic N) is 2. The van der Waals surface area contributed by atoms with Crippen LogP contribution in [0, 0.1) is 0 Å². The fourth-order valence-corrected chi connectivity index (χ4v) is 3.24. The first-order chi connectivity index (χ1) is 13.9. The van der Waals surface area contributed by atoms with E-state index in [-0.39, 0.29) is 11.6 Å². The fourth-order valence-electron chi connectivity index (χ4n) is 2.60. The van der Waals surface area contributed by atoms with Crippen LogP contribution in [0.2, 0.25) is 0 Å². The molecular formula is C19H21N3O6S. The number of rotatable bonds is 8. The Morgan fingerprint density at radius 1 is 0.966 bits per heavy atom. The minimum Gasteiger partial charge on any atom is -0.493 e. The number of benzene rings is 2. The van der Waals surface area contributed by atoms with Crippen molar-refractivity contribution < 1.29 is 27.2 Å². The number of nitrogens with one attached hydrogen (secondary N) is 1. The van der Waals surface area contributed by atoms with E-state index in [2.05, 4.69) is 14.9 Å². The maximum atomic E-state index is 11.7. The summed E-state index contributed by atoms with van der Waals surface area (Å²) in [5, 5.41) is 4.00. The molecule has 0 bridgehead atoms. The molecule has 0 fully saturated rings. The van der Waals surface area contributed by atoms with Crippen LogP contribution in [0.15, 0.2) is 40.9 Å². The Morgan fingerprint density at radius 2 is 1.59 bits per heavy atom. The van der Waals surface area contributed by atoms with E-state index in [1.165, 1.54) is 21.3 Å². The molecule has 1 aromatic heterocycles. The molecule has 3 aromatic rings. The summed E-state index contributed by atoms with van der Waals surface area (Å²) in [4.78, 5) is 4.41. The van der Waals surface area contributed by atoms with E-state index in [1.54, 1.807) is 43.3 Å². The highest BCUT2D eigenvalue weighted by Crippen LogP contribution is 2.41. The lowest BCUT2D eigenvalue weighted by Crippen LogP contribution is -2.14. The van der Waals surface area contributed by atoms with Crippen LogP contribution in [0.4, 0.5) is 5.69 Å². The Balaban J connectivity index is 1.90. The van der Waals surface area contributed by atoms with E-state index >= 15 is 0 Å². The van der Waals surface area contributed by atoms with E-state index in [4.69, 9.17) is 18.7 Å². The van der Waals surface area contributed by atoms with Crippen molar-refractivity contribution in [3.05, 3.63) is 36.4 Å². The maximum Gasteiger partial charge on any atom is 0.258 e. The average molecular weight is 419 g/mol. The van der Waals surface area contributed by atoms with Crippen LogP contribution < -0.4 is 18.9 Å². The highest BCUT2D eigenvalue weighted by atomic mass is 32.2. The zero-order valence-electron chi connectivity index (χ0n) is 16.4. The molecule has 0 aliphatic heterocycles. The van der Waals surface area contributed by atoms with Crippen molar-refractivity contribution in [1.82, 2.24) is 10.1 Å². The molecule has 10 heteroatoms. The predicted molar refractivity (Wildman–Crippen MR) is 108 cm³/mol. The normalized spacial score (nSPS) is 11.2. The summed E-state index contributed by atoms with van der Waals surface area (Å²) < 4.78 is 47.2. The van der Waals surface area contributed by atoms with Crippen molar-refractivity contribution in [2.45, 2.75) is 6.92 Å². The van der Waals surface area contributed by atoms with Gasteiger partial charge >= 0.3 is 0 Å². The number of methoxy groups -OCH3 is 3. The van der Waals surface area contributed by atoms with Crippen molar-refractivity contribution in [2.24, 2.45) is 0 Å². The van der Waals surface area contributed by atoms with Gasteiger partial charge in [-0.1, -0.05) is 5.16 Å². The average Bonchev–Trinajstić information content (AvgIpc) is 3.23. The van der Waals surface area contributed by atoms with Crippen LogP contribution in [0.25, 0.3) is 22.8 Å². The molecule has 154 valence electrons. The molecule has 0 atom stereocenters. The number of sulfonamides is 1. The molecule has 1 heterocycles. The molecule has 0 aliphatic rings. The van der Waals surface area contributed by atoms with Gasteiger partial charge in [-0.3, -0.25) is 4.72 Å². The van der Waals surface area contributed by atoms with E-state index in [1.807, 2.05) is 0 Å². The Kier molecular flexibility index (Phi) is 5.92. The van der Waals surface area contributed by atoms with E-state index < -0.39 is 10.0 Å². The number of anilines is 1. The summed E-state index contributed by atoms with van der Waals surface area (Å²) >= 11 is 0. The van der Waals surface area contributed by atoms with Crippen molar-refractivity contribution in [3.63, 3.8) is 0 Å². The molecule has 0 radical (unpaired) electrons. The van der Waals surface area contributed by atoms with E-state index in [9.17, 15) is 8.42 Å². The quantitative estimate of drug-likeness (QED) is 0.592. The summed E-state index contributed by atoms with van der Waals surface area (Å²) in [5.74, 6) is 2.03. The molecular weight excluding hydrogens is 398 g/mol. The van der Waals surface area contributed by atoms with Crippen LogP contribution in [0.5, 0.6) is 17.2 Å². The predicted octanol–water partition coefficient (Wildman–Crippen LogP) is 3.19. The summed E-state index contributed by atoms with van der Waals surface area (Å²) in [6.45, 7) is 1.57. The monoisotopic (exact) mass is 419 g/mol. The van der Waals surface area contributed by atoms with Gasteiger partial charge < -0.3 is 18.7 Å². The van der Waals surface area contributed by atoms with Crippen LogP contribution in [0.3, 0.4) is 0 Å². The molecule has 0 saturated carbocycles. The van der Waals surface area contributed by atoms with Crippen LogP contribution in [-0.2, 0) is 10.0 Å². The van der Waals surface area contributed by atoms with Gasteiger partial charge in [-0.15, -0.1) is 0 Å². The SMILES string of the molecule is CCS(=O)(=O)Nc1ccc(-c2noc(-c3cc(OC)c(OC)c(OC)c3)n2)cc1. The highest BCUT2D eigenvalue weighted by molar-refractivity contribution is 7.92. The largest absolute Gasteiger partial charge is 0.493 e. The Bertz CT molecular complexity index is 1070. The smallest absolute Gasteiger partial charge is 0.258 e. The molecule has 29 heavy (non-hydrogen) atoms. The van der Waals surface area contributed by atoms with Gasteiger partial charge in [-0.05, 0) is 43.3 Å². The van der Waals surface area contributed by atoms with Crippen molar-refractivity contribution >= 4 is 15.7 Å². The molecule has 9 nitrogen and oxygen atoms in total. The lowest BCUT2D eigenvalue weighted by molar-refractivity contribution is 0.324. The molecule has 2 aromatic carbocycles. The summed E-state index contributed by atoms with van der Waals surface area (Å²) in [6, 6.07) is 10.1. The molecule has 0 unspecified atom stereocenters. The van der Waals surface area contributed by atoms with E-state index in [0.29, 0.717) is 39.9 Å². The third kappa shape index (κ3) is 4.43. The highest BCUT2D eigenvalue weighted by Gasteiger charge is 2.18. The van der Waals surface area contributed by atoms with Gasteiger partial charge in [-0.2, -0.15) is 4.98 Å². The van der Waals surface area contributed by atoms with Gasteiger partial charge in [0.15, 0.2) is 11.5 Å². The third-order valence-corrected chi connectivity index (χ3v) is 5.44. The van der Waals surface area contributed by atoms with Crippen molar-refractivity contribution in [3.8, 4) is 40.1 Å². The van der Waals surface area contributed by atoms with Gasteiger partial charge in [0.2, 0.25) is 21.6 Å².